The summed E-state index contributed by atoms with van der Waals surface area (Å²) in [5.74, 6) is -1.11. The zero-order chi connectivity index (χ0) is 12.4. The number of anilines is 1. The molecule has 0 atom stereocenters. The minimum absolute atomic E-state index is 0.0602. The van der Waals surface area contributed by atoms with Crippen LogP contribution in [0.4, 0.5) is 5.95 Å². The number of aryl methyl sites for hydroxylation is 1. The molecule has 3 N–H and O–H groups in total. The summed E-state index contributed by atoms with van der Waals surface area (Å²) in [5, 5.41) is 31.6. The number of phenolic OH excluding ortho intramolecular Hbond substituents is 2. The Morgan fingerprint density at radius 2 is 2.12 bits per heavy atom. The van der Waals surface area contributed by atoms with Crippen LogP contribution in [0.2, 0.25) is 0 Å². The molecule has 0 radical (unpaired) electrons. The fourth-order valence-corrected chi connectivity index (χ4v) is 1.17. The summed E-state index contributed by atoms with van der Waals surface area (Å²) in [6.07, 6.45) is 0. The third-order valence-electron chi connectivity index (χ3n) is 1.97. The smallest absolute Gasteiger partial charge is 0.270 e. The highest BCUT2D eigenvalue weighted by Crippen LogP contribution is 2.24. The predicted molar refractivity (Wildman–Crippen MR) is 56.5 cm³/mol. The van der Waals surface area contributed by atoms with E-state index in [1.54, 1.807) is 7.05 Å². The number of amides is 1. The van der Waals surface area contributed by atoms with E-state index in [-0.39, 0.29) is 23.0 Å². The van der Waals surface area contributed by atoms with Crippen molar-refractivity contribution in [2.45, 2.75) is 0 Å². The molecule has 1 amide bonds. The molecule has 0 fully saturated rings. The van der Waals surface area contributed by atoms with Crippen molar-refractivity contribution in [3.63, 3.8) is 0 Å². The molecule has 1 aromatic carbocycles. The van der Waals surface area contributed by atoms with Crippen LogP contribution in [0.5, 0.6) is 11.5 Å². The summed E-state index contributed by atoms with van der Waals surface area (Å²) < 4.78 is 0. The van der Waals surface area contributed by atoms with Gasteiger partial charge in [0.2, 0.25) is 0 Å². The van der Waals surface area contributed by atoms with Gasteiger partial charge in [0.1, 0.15) is 0 Å². The van der Waals surface area contributed by atoms with E-state index in [0.717, 1.165) is 6.07 Å². The highest BCUT2D eigenvalue weighted by molar-refractivity contribution is 6.03. The van der Waals surface area contributed by atoms with Gasteiger partial charge in [0, 0.05) is 5.56 Å². The first kappa shape index (κ1) is 10.9. The number of rotatable bonds is 2. The molecule has 0 saturated carbocycles. The lowest BCUT2D eigenvalue weighted by molar-refractivity contribution is 0.102. The molecule has 2 rings (SSSR count). The van der Waals surface area contributed by atoms with Crippen LogP contribution in [-0.2, 0) is 7.05 Å². The van der Waals surface area contributed by atoms with Crippen LogP contribution in [0.15, 0.2) is 18.2 Å². The Bertz CT molecular complexity index is 566. The minimum Gasteiger partial charge on any atom is -0.504 e. The first-order valence-electron chi connectivity index (χ1n) is 4.63. The molecule has 0 saturated heterocycles. The summed E-state index contributed by atoms with van der Waals surface area (Å²) in [5.41, 5.74) is 0.174. The lowest BCUT2D eigenvalue weighted by Gasteiger charge is -2.02. The second-order valence-electron chi connectivity index (χ2n) is 3.26. The first-order valence-corrected chi connectivity index (χ1v) is 4.63. The number of aromatic hydroxyl groups is 2. The standard InChI is InChI=1S/C9H9N5O3/c1-14-12-9(11-13-14)10-8(17)5-2-3-6(15)7(16)4-5/h2-4,15-16H,1H3,(H,10,12,17). The molecule has 0 aliphatic rings. The number of carbonyl (C=O) groups is 1. The van der Waals surface area contributed by atoms with Crippen molar-refractivity contribution >= 4 is 11.9 Å². The molecular weight excluding hydrogens is 226 g/mol. The van der Waals surface area contributed by atoms with Gasteiger partial charge in [-0.05, 0) is 23.4 Å². The fraction of sp³-hybridized carbons (Fsp3) is 0.111. The summed E-state index contributed by atoms with van der Waals surface area (Å²) in [6, 6.07) is 3.72. The Balaban J connectivity index is 2.17. The van der Waals surface area contributed by atoms with Crippen molar-refractivity contribution in [1.29, 1.82) is 0 Å². The molecule has 17 heavy (non-hydrogen) atoms. The van der Waals surface area contributed by atoms with E-state index in [9.17, 15) is 9.90 Å². The number of phenols is 2. The number of hydrogen-bond donors (Lipinski definition) is 3. The normalized spacial score (nSPS) is 10.2. The third kappa shape index (κ3) is 2.30. The summed E-state index contributed by atoms with van der Waals surface area (Å²) >= 11 is 0. The minimum atomic E-state index is -0.506. The number of tetrazole rings is 1. The highest BCUT2D eigenvalue weighted by atomic mass is 16.3. The van der Waals surface area contributed by atoms with E-state index in [1.165, 1.54) is 16.9 Å². The maximum absolute atomic E-state index is 11.7. The maximum atomic E-state index is 11.7. The number of nitrogens with zero attached hydrogens (tertiary/aromatic N) is 4. The molecule has 0 aliphatic carbocycles. The van der Waals surface area contributed by atoms with E-state index in [0.29, 0.717) is 0 Å². The molecule has 0 aliphatic heterocycles. The van der Waals surface area contributed by atoms with E-state index < -0.39 is 5.91 Å². The first-order chi connectivity index (χ1) is 8.06. The molecule has 1 aromatic heterocycles. The Labute approximate surface area is 95.5 Å². The zero-order valence-corrected chi connectivity index (χ0v) is 8.82. The Morgan fingerprint density at radius 1 is 1.35 bits per heavy atom. The van der Waals surface area contributed by atoms with Crippen LogP contribution in [0.3, 0.4) is 0 Å². The molecule has 0 bridgehead atoms. The number of aromatic nitrogens is 4. The average Bonchev–Trinajstić information content (AvgIpc) is 2.68. The lowest BCUT2D eigenvalue weighted by atomic mass is 10.2. The van der Waals surface area contributed by atoms with Crippen molar-refractivity contribution in [1.82, 2.24) is 20.2 Å². The van der Waals surface area contributed by atoms with Crippen LogP contribution in [0.25, 0.3) is 0 Å². The van der Waals surface area contributed by atoms with Gasteiger partial charge >= 0.3 is 0 Å². The van der Waals surface area contributed by atoms with Crippen molar-refractivity contribution in [2.24, 2.45) is 7.05 Å². The van der Waals surface area contributed by atoms with Gasteiger partial charge in [0.15, 0.2) is 11.5 Å². The van der Waals surface area contributed by atoms with Crippen LogP contribution >= 0.6 is 0 Å². The average molecular weight is 235 g/mol. The summed E-state index contributed by atoms with van der Waals surface area (Å²) in [4.78, 5) is 12.9. The van der Waals surface area contributed by atoms with Crippen LogP contribution < -0.4 is 5.32 Å². The predicted octanol–water partition coefficient (Wildman–Crippen LogP) is -0.126. The molecule has 8 nitrogen and oxygen atoms in total. The van der Waals surface area contributed by atoms with Crippen molar-refractivity contribution in [2.75, 3.05) is 5.32 Å². The second kappa shape index (κ2) is 4.08. The van der Waals surface area contributed by atoms with Gasteiger partial charge in [0.25, 0.3) is 11.9 Å². The van der Waals surface area contributed by atoms with Crippen molar-refractivity contribution in [3.8, 4) is 11.5 Å². The van der Waals surface area contributed by atoms with E-state index in [2.05, 4.69) is 20.7 Å². The van der Waals surface area contributed by atoms with Gasteiger partial charge in [-0.1, -0.05) is 5.10 Å². The van der Waals surface area contributed by atoms with Crippen molar-refractivity contribution in [3.05, 3.63) is 23.8 Å². The maximum Gasteiger partial charge on any atom is 0.270 e. The van der Waals surface area contributed by atoms with Gasteiger partial charge in [-0.15, -0.1) is 5.10 Å². The van der Waals surface area contributed by atoms with Crippen LogP contribution in [0.1, 0.15) is 10.4 Å². The quantitative estimate of drug-likeness (QED) is 0.625. The van der Waals surface area contributed by atoms with Gasteiger partial charge in [-0.25, -0.2) is 0 Å². The second-order valence-corrected chi connectivity index (χ2v) is 3.26. The third-order valence-corrected chi connectivity index (χ3v) is 1.97. The monoisotopic (exact) mass is 235 g/mol. The summed E-state index contributed by atoms with van der Waals surface area (Å²) in [7, 11) is 1.56. The van der Waals surface area contributed by atoms with E-state index >= 15 is 0 Å². The number of hydrogen-bond acceptors (Lipinski definition) is 6. The summed E-state index contributed by atoms with van der Waals surface area (Å²) in [6.45, 7) is 0. The Morgan fingerprint density at radius 3 is 2.71 bits per heavy atom. The fourth-order valence-electron chi connectivity index (χ4n) is 1.17. The number of carbonyl (C=O) groups excluding carboxylic acids is 1. The van der Waals surface area contributed by atoms with Crippen LogP contribution in [0, 0.1) is 0 Å². The SMILES string of the molecule is Cn1nnc(NC(=O)c2ccc(O)c(O)c2)n1. The molecule has 1 heterocycles. The highest BCUT2D eigenvalue weighted by Gasteiger charge is 2.11. The molecule has 8 heteroatoms. The van der Waals surface area contributed by atoms with Gasteiger partial charge in [0.05, 0.1) is 7.05 Å². The Hall–Kier alpha value is -2.64. The van der Waals surface area contributed by atoms with Gasteiger partial charge in [-0.2, -0.15) is 4.80 Å². The molecule has 88 valence electrons. The van der Waals surface area contributed by atoms with Gasteiger partial charge < -0.3 is 10.2 Å². The van der Waals surface area contributed by atoms with Crippen LogP contribution in [-0.4, -0.2) is 36.3 Å². The van der Waals surface area contributed by atoms with Gasteiger partial charge in [-0.3, -0.25) is 10.1 Å². The molecule has 2 aromatic rings. The zero-order valence-electron chi connectivity index (χ0n) is 8.82. The Kier molecular flexibility index (Phi) is 2.61. The molecule has 0 unspecified atom stereocenters. The van der Waals surface area contributed by atoms with Crippen molar-refractivity contribution < 1.29 is 15.0 Å². The molecular formula is C9H9N5O3. The lowest BCUT2D eigenvalue weighted by Crippen LogP contribution is -2.13. The molecule has 0 spiro atoms. The largest absolute Gasteiger partial charge is 0.504 e. The number of benzene rings is 1. The number of nitrogens with one attached hydrogen (secondary N) is 1. The van der Waals surface area contributed by atoms with E-state index in [1.807, 2.05) is 0 Å². The van der Waals surface area contributed by atoms with E-state index in [4.69, 9.17) is 5.11 Å². The topological polar surface area (TPSA) is 113 Å².